The minimum absolute atomic E-state index is 0.0400. The van der Waals surface area contributed by atoms with Crippen molar-refractivity contribution in [3.8, 4) is 11.5 Å². The Labute approximate surface area is 348 Å². The molecule has 0 aliphatic rings. The second kappa shape index (κ2) is 24.1. The number of thioether (sulfide) groups is 1. The second-order valence-corrected chi connectivity index (χ2v) is 14.2. The zero-order valence-electron chi connectivity index (χ0n) is 33.7. The number of carbonyl (C=O) groups is 5. The summed E-state index contributed by atoms with van der Waals surface area (Å²) in [6.45, 7) is 7.55. The molecule has 0 fully saturated rings. The molecule has 2 N–H and O–H groups in total. The SMILES string of the molecule is COC(=O)c1ccc(C)cc1O.COC(=O)c1ccc(C)cc1OC(=S)N(C)C.COC(=O)c1ccc(C)cc1SC(=O)N(C)C.Cc1ccc(C(=O)O)c(S)c1. The summed E-state index contributed by atoms with van der Waals surface area (Å²) in [5.74, 6) is -1.96. The molecule has 0 heterocycles. The number of benzene rings is 4. The highest BCUT2D eigenvalue weighted by Gasteiger charge is 2.17. The fourth-order valence-electron chi connectivity index (χ4n) is 4.10. The number of amides is 1. The molecule has 16 heteroatoms. The van der Waals surface area contributed by atoms with Gasteiger partial charge in [0.2, 0.25) is 0 Å². The normalized spacial score (nSPS) is 9.68. The molecule has 0 spiro atoms. The Bertz CT molecular complexity index is 1980. The molecule has 13 nitrogen and oxygen atoms in total. The molecular formula is C41H48N2O11S3. The van der Waals surface area contributed by atoms with Crippen molar-refractivity contribution in [1.82, 2.24) is 9.80 Å². The van der Waals surface area contributed by atoms with Crippen molar-refractivity contribution in [2.24, 2.45) is 0 Å². The summed E-state index contributed by atoms with van der Waals surface area (Å²) in [7, 11) is 10.8. The first-order valence-corrected chi connectivity index (χ1v) is 18.4. The summed E-state index contributed by atoms with van der Waals surface area (Å²) in [4.78, 5) is 60.4. The minimum Gasteiger partial charge on any atom is -0.507 e. The number of hydrogen-bond acceptors (Lipinski definition) is 13. The van der Waals surface area contributed by atoms with Crippen molar-refractivity contribution >= 4 is 70.9 Å². The summed E-state index contributed by atoms with van der Waals surface area (Å²) in [6, 6.07) is 20.4. The number of carboxylic acids is 1. The zero-order chi connectivity index (χ0) is 43.6. The Morgan fingerprint density at radius 1 is 0.614 bits per heavy atom. The van der Waals surface area contributed by atoms with E-state index in [-0.39, 0.29) is 22.1 Å². The molecule has 1 amide bonds. The maximum absolute atomic E-state index is 11.6. The number of nitrogens with zero attached hydrogens (tertiary/aromatic N) is 2. The van der Waals surface area contributed by atoms with Gasteiger partial charge in [0.25, 0.3) is 10.4 Å². The van der Waals surface area contributed by atoms with Crippen LogP contribution in [-0.2, 0) is 14.2 Å². The molecule has 0 saturated carbocycles. The number of carbonyl (C=O) groups excluding carboxylic acids is 4. The van der Waals surface area contributed by atoms with Gasteiger partial charge in [-0.25, -0.2) is 19.2 Å². The number of hydrogen-bond donors (Lipinski definition) is 3. The fraction of sp³-hybridized carbons (Fsp3) is 0.268. The van der Waals surface area contributed by atoms with Gasteiger partial charge < -0.3 is 39.0 Å². The quantitative estimate of drug-likeness (QED) is 0.0561. The van der Waals surface area contributed by atoms with Crippen molar-refractivity contribution in [2.75, 3.05) is 49.5 Å². The van der Waals surface area contributed by atoms with E-state index in [9.17, 15) is 29.1 Å². The number of phenols is 1. The topological polar surface area (TPSA) is 169 Å². The van der Waals surface area contributed by atoms with E-state index in [0.717, 1.165) is 34.0 Å². The Morgan fingerprint density at radius 3 is 1.49 bits per heavy atom. The van der Waals surface area contributed by atoms with E-state index in [0.29, 0.717) is 31.8 Å². The molecule has 0 radical (unpaired) electrons. The largest absolute Gasteiger partial charge is 0.507 e. The van der Waals surface area contributed by atoms with Crippen molar-refractivity contribution in [3.05, 3.63) is 117 Å². The molecule has 0 unspecified atom stereocenters. The number of ether oxygens (including phenoxy) is 4. The maximum Gasteiger partial charge on any atom is 0.341 e. The van der Waals surface area contributed by atoms with Crippen LogP contribution in [0.25, 0.3) is 0 Å². The molecule has 4 aromatic carbocycles. The van der Waals surface area contributed by atoms with Gasteiger partial charge in [0.1, 0.15) is 22.6 Å². The standard InChI is InChI=1S/2C12H15NO3S.C9H10O3.C8H8O2S/c1-8-5-6-9(11(14)16-4)10(7-8)17-12(15)13(2)3;1-8-5-6-9(11(14)15-4)10(7-8)16-12(17)13(2)3;1-6-3-4-7(8(10)5-6)9(11)12-2;1-5-2-3-6(8(9)10)7(11)4-5/h2*5-7H,1-4H3;3-5,10H,1-2H3;2-4,11H,1H3,(H,9,10). The summed E-state index contributed by atoms with van der Waals surface area (Å²) in [6.07, 6.45) is 0. The summed E-state index contributed by atoms with van der Waals surface area (Å²) in [5, 5.41) is 18.1. The third-order valence-electron chi connectivity index (χ3n) is 7.15. The van der Waals surface area contributed by atoms with Gasteiger partial charge in [-0.3, -0.25) is 4.79 Å². The van der Waals surface area contributed by atoms with Crippen LogP contribution in [0.4, 0.5) is 4.79 Å². The monoisotopic (exact) mass is 840 g/mol. The molecule has 0 aromatic heterocycles. The second-order valence-electron chi connectivity index (χ2n) is 12.3. The zero-order valence-corrected chi connectivity index (χ0v) is 36.2. The number of esters is 3. The van der Waals surface area contributed by atoms with Gasteiger partial charge in [0.05, 0.1) is 32.5 Å². The number of aromatic carboxylic acids is 1. The Kier molecular flexibility index (Phi) is 20.9. The van der Waals surface area contributed by atoms with Crippen molar-refractivity contribution in [2.45, 2.75) is 37.5 Å². The lowest BCUT2D eigenvalue weighted by Gasteiger charge is -2.16. The van der Waals surface area contributed by atoms with Crippen LogP contribution in [-0.4, -0.2) is 104 Å². The highest BCUT2D eigenvalue weighted by Crippen LogP contribution is 2.27. The van der Waals surface area contributed by atoms with Crippen molar-refractivity contribution in [3.63, 3.8) is 0 Å². The third kappa shape index (κ3) is 16.6. The maximum atomic E-state index is 11.6. The third-order valence-corrected chi connectivity index (χ3v) is 9.07. The van der Waals surface area contributed by atoms with E-state index in [2.05, 4.69) is 26.8 Å². The van der Waals surface area contributed by atoms with E-state index in [4.69, 9.17) is 22.1 Å². The van der Waals surface area contributed by atoms with Crippen LogP contribution >= 0.6 is 36.6 Å². The molecule has 0 bridgehead atoms. The van der Waals surface area contributed by atoms with Gasteiger partial charge >= 0.3 is 23.9 Å². The number of rotatable bonds is 6. The van der Waals surface area contributed by atoms with Crippen LogP contribution in [0.1, 0.15) is 63.7 Å². The molecular weight excluding hydrogens is 793 g/mol. The number of aromatic hydroxyl groups is 1. The Balaban J connectivity index is 0.000000386. The number of aryl methyl sites for hydroxylation is 4. The van der Waals surface area contributed by atoms with E-state index in [1.165, 1.54) is 38.4 Å². The molecule has 306 valence electrons. The number of carboxylic acid groups (broad SMARTS) is 1. The number of thiol groups is 1. The van der Waals surface area contributed by atoms with E-state index >= 15 is 0 Å². The van der Waals surface area contributed by atoms with Gasteiger partial charge in [0, 0.05) is 38.0 Å². The fourth-order valence-corrected chi connectivity index (χ4v) is 5.44. The Morgan fingerprint density at radius 2 is 1.04 bits per heavy atom. The number of methoxy groups -OCH3 is 3. The average Bonchev–Trinajstić information content (AvgIpc) is 3.14. The van der Waals surface area contributed by atoms with Gasteiger partial charge in [-0.1, -0.05) is 24.3 Å². The highest BCUT2D eigenvalue weighted by molar-refractivity contribution is 8.13. The van der Waals surface area contributed by atoms with Crippen LogP contribution in [0.3, 0.4) is 0 Å². The number of phenolic OH excluding ortho intramolecular Hbond substituents is 1. The first kappa shape index (κ1) is 49.4. The van der Waals surface area contributed by atoms with Gasteiger partial charge in [-0.2, -0.15) is 0 Å². The van der Waals surface area contributed by atoms with E-state index in [1.54, 1.807) is 81.6 Å². The van der Waals surface area contributed by atoms with E-state index < -0.39 is 23.9 Å². The lowest BCUT2D eigenvalue weighted by Crippen LogP contribution is -2.25. The first-order valence-electron chi connectivity index (χ1n) is 16.7. The van der Waals surface area contributed by atoms with Crippen LogP contribution in [0.2, 0.25) is 0 Å². The first-order chi connectivity index (χ1) is 26.7. The van der Waals surface area contributed by atoms with Crippen LogP contribution in [0, 0.1) is 27.7 Å². The molecule has 0 atom stereocenters. The van der Waals surface area contributed by atoms with Crippen molar-refractivity contribution in [1.29, 1.82) is 0 Å². The molecule has 4 aromatic rings. The molecule has 57 heavy (non-hydrogen) atoms. The average molecular weight is 841 g/mol. The highest BCUT2D eigenvalue weighted by atomic mass is 32.2. The van der Waals surface area contributed by atoms with Crippen molar-refractivity contribution < 1.29 is 53.1 Å². The van der Waals surface area contributed by atoms with Gasteiger partial charge in [-0.15, -0.1) is 12.6 Å². The van der Waals surface area contributed by atoms with Crippen LogP contribution in [0.15, 0.2) is 82.6 Å². The lowest BCUT2D eigenvalue weighted by atomic mass is 10.1. The predicted octanol–water partition coefficient (Wildman–Crippen LogP) is 8.03. The molecule has 0 aliphatic heterocycles. The smallest absolute Gasteiger partial charge is 0.341 e. The Hall–Kier alpha value is -5.58. The van der Waals surface area contributed by atoms with E-state index in [1.807, 2.05) is 39.8 Å². The summed E-state index contributed by atoms with van der Waals surface area (Å²) >= 11 is 10.1. The number of thiocarbonyl (C=S) groups is 1. The summed E-state index contributed by atoms with van der Waals surface area (Å²) < 4.78 is 19.3. The van der Waals surface area contributed by atoms with Crippen LogP contribution in [0.5, 0.6) is 11.5 Å². The predicted molar refractivity (Wildman–Crippen MR) is 226 cm³/mol. The van der Waals surface area contributed by atoms with Gasteiger partial charge in [-0.05, 0) is 122 Å². The summed E-state index contributed by atoms with van der Waals surface area (Å²) in [5.41, 5.74) is 5.11. The minimum atomic E-state index is -0.935. The van der Waals surface area contributed by atoms with Crippen LogP contribution < -0.4 is 4.74 Å². The molecule has 4 rings (SSSR count). The molecule has 0 aliphatic carbocycles. The molecule has 0 saturated heterocycles. The lowest BCUT2D eigenvalue weighted by molar-refractivity contribution is 0.0588. The van der Waals surface area contributed by atoms with Gasteiger partial charge in [0.15, 0.2) is 0 Å².